The summed E-state index contributed by atoms with van der Waals surface area (Å²) in [4.78, 5) is 67.8. The normalized spacial score (nSPS) is 19.9. The van der Waals surface area contributed by atoms with Crippen molar-refractivity contribution in [2.45, 2.75) is 68.3 Å². The second kappa shape index (κ2) is 19.9. The van der Waals surface area contributed by atoms with Gasteiger partial charge in [0.15, 0.2) is 29.9 Å². The van der Waals surface area contributed by atoms with Gasteiger partial charge >= 0.3 is 23.9 Å². The minimum absolute atomic E-state index is 0. The largest absolute Gasteiger partial charge is 0.481 e. The Labute approximate surface area is 273 Å². The average Bonchev–Trinajstić information content (AvgIpc) is 3.31. The maximum atomic E-state index is 11.9. The predicted octanol–water partition coefficient (Wildman–Crippen LogP) is -2.99. The van der Waals surface area contributed by atoms with Crippen LogP contribution in [0, 0.1) is 5.92 Å². The van der Waals surface area contributed by atoms with Crippen molar-refractivity contribution in [2.24, 2.45) is 5.92 Å². The first kappa shape index (κ1) is 41.4. The molecule has 2 aromatic carbocycles. The molecule has 264 valence electrons. The van der Waals surface area contributed by atoms with Gasteiger partial charge < -0.3 is 51.1 Å². The average molecular weight is 683 g/mol. The number of carboxylic acids is 3. The first-order valence-corrected chi connectivity index (χ1v) is 14.3. The molecule has 8 atom stereocenters. The number of aliphatic hydroxyl groups excluding tert-OH is 5. The van der Waals surface area contributed by atoms with Crippen LogP contribution in [0.2, 0.25) is 0 Å². The van der Waals surface area contributed by atoms with E-state index in [0.717, 1.165) is 11.1 Å². The van der Waals surface area contributed by atoms with E-state index in [1.54, 1.807) is 60.7 Å². The number of esters is 1. The number of aliphatic carboxylic acids is 3. The zero-order valence-corrected chi connectivity index (χ0v) is 25.4. The van der Waals surface area contributed by atoms with Gasteiger partial charge in [-0.15, -0.1) is 0 Å². The zero-order chi connectivity index (χ0) is 35.3. The molecule has 0 radical (unpaired) electrons. The number of rotatable bonds is 17. The molecule has 48 heavy (non-hydrogen) atoms. The Morgan fingerprint density at radius 1 is 0.750 bits per heavy atom. The van der Waals surface area contributed by atoms with Crippen LogP contribution in [-0.4, -0.2) is 126 Å². The third-order valence-corrected chi connectivity index (χ3v) is 7.18. The maximum absolute atomic E-state index is 11.9. The Hall–Kier alpha value is -4.62. The number of hydrogen-bond donors (Lipinski definition) is 9. The van der Waals surface area contributed by atoms with Gasteiger partial charge in [0.05, 0.1) is 12.5 Å². The van der Waals surface area contributed by atoms with Crippen molar-refractivity contribution < 1.29 is 79.8 Å². The van der Waals surface area contributed by atoms with Gasteiger partial charge in [0.25, 0.3) is 0 Å². The van der Waals surface area contributed by atoms with E-state index in [0.29, 0.717) is 0 Å². The van der Waals surface area contributed by atoms with Gasteiger partial charge in [0, 0.05) is 6.42 Å². The van der Waals surface area contributed by atoms with Crippen molar-refractivity contribution in [2.75, 3.05) is 6.54 Å². The molecular formula is C31H40NO16+. The number of carbonyl (C=O) groups is 6. The highest BCUT2D eigenvalue weighted by Crippen LogP contribution is 2.18. The molecule has 12 N–H and O–H groups in total. The number of ether oxygens (including phenoxy) is 1. The predicted molar refractivity (Wildman–Crippen MR) is 163 cm³/mol. The lowest BCUT2D eigenvalue weighted by Gasteiger charge is -2.20. The summed E-state index contributed by atoms with van der Waals surface area (Å²) in [6.07, 6.45) is -11.6. The summed E-state index contributed by atoms with van der Waals surface area (Å²) in [6, 6.07) is 16.7. The molecule has 1 heterocycles. The Balaban J connectivity index is 0.000000470. The Bertz CT molecular complexity index is 1370. The molecule has 3 unspecified atom stereocenters. The number of nitrogens with one attached hydrogen (secondary N) is 1. The third-order valence-electron chi connectivity index (χ3n) is 7.18. The van der Waals surface area contributed by atoms with Crippen LogP contribution < -0.4 is 5.32 Å². The fourth-order valence-corrected chi connectivity index (χ4v) is 4.43. The summed E-state index contributed by atoms with van der Waals surface area (Å²) in [6.45, 7) is -0.411. The molecule has 0 bridgehead atoms. The fourth-order valence-electron chi connectivity index (χ4n) is 4.43. The smallest absolute Gasteiger partial charge is 0.338 e. The monoisotopic (exact) mass is 682 g/mol. The Morgan fingerprint density at radius 3 is 1.71 bits per heavy atom. The molecule has 1 saturated heterocycles. The standard InChI is InChI=1S/C16H20O8.C15H17NO7.H2O/c17-11(12(18)13(19)14(20)16(23)24)7-6-10(15(21)22)8-9-4-2-1-3-5-9;17-10(13-11(18)12(19)15(22)23-13)7-16-9(14(20)21)6-8-4-2-1-3-5-8;/h1-5,10,12-14,18-20H,6-8H2,(H,21,22)(H,23,24);1-5,9,11-13,16,18-19H,6-7H2,(H,20,21);1H2/p+1/t10-,12-,13+,14+;9-,11?,12?,13?;/m11./s1. The quantitative estimate of drug-likeness (QED) is 0.0593. The van der Waals surface area contributed by atoms with E-state index in [-0.39, 0.29) is 31.2 Å². The van der Waals surface area contributed by atoms with E-state index in [9.17, 15) is 59.4 Å². The second-order valence-electron chi connectivity index (χ2n) is 10.7. The van der Waals surface area contributed by atoms with Crippen molar-refractivity contribution in [3.8, 4) is 0 Å². The first-order chi connectivity index (χ1) is 22.1. The van der Waals surface area contributed by atoms with E-state index in [4.69, 9.17) is 10.2 Å². The summed E-state index contributed by atoms with van der Waals surface area (Å²) < 4.78 is 4.58. The van der Waals surface area contributed by atoms with Gasteiger partial charge in [0.2, 0.25) is 0 Å². The Morgan fingerprint density at radius 2 is 1.27 bits per heavy atom. The molecule has 3 rings (SSSR count). The number of hydrogen-bond acceptors (Lipinski definition) is 13. The minimum atomic E-state index is -2.30. The zero-order valence-electron chi connectivity index (χ0n) is 25.4. The molecule has 17 heteroatoms. The molecule has 0 saturated carbocycles. The maximum Gasteiger partial charge on any atom is 0.338 e. The summed E-state index contributed by atoms with van der Waals surface area (Å²) in [7, 11) is 0. The number of carbonyl (C=O) groups excluding carboxylic acids is 3. The van der Waals surface area contributed by atoms with Gasteiger partial charge in [0.1, 0.15) is 24.4 Å². The number of benzene rings is 2. The molecule has 17 nitrogen and oxygen atoms in total. The van der Waals surface area contributed by atoms with Crippen molar-refractivity contribution in [3.05, 3.63) is 71.8 Å². The number of carboxylic acid groups (broad SMARTS) is 3. The van der Waals surface area contributed by atoms with Crippen LogP contribution in [0.4, 0.5) is 0 Å². The molecule has 2 aromatic rings. The van der Waals surface area contributed by atoms with Crippen LogP contribution >= 0.6 is 0 Å². The molecule has 0 spiro atoms. The van der Waals surface area contributed by atoms with Gasteiger partial charge in [-0.3, -0.25) is 24.5 Å². The molecule has 0 amide bonds. The van der Waals surface area contributed by atoms with Crippen LogP contribution in [0.15, 0.2) is 60.7 Å². The molecular weight excluding hydrogens is 642 g/mol. The van der Waals surface area contributed by atoms with E-state index >= 15 is 0 Å². The van der Waals surface area contributed by atoms with E-state index in [1.807, 2.05) is 0 Å². The second-order valence-corrected chi connectivity index (χ2v) is 10.7. The van der Waals surface area contributed by atoms with E-state index < -0.39 is 90.6 Å². The van der Waals surface area contributed by atoms with Gasteiger partial charge in [-0.25, -0.2) is 9.59 Å². The van der Waals surface area contributed by atoms with Gasteiger partial charge in [-0.05, 0) is 30.4 Å². The third kappa shape index (κ3) is 12.5. The minimum Gasteiger partial charge on any atom is -0.481 e. The number of aliphatic hydroxyl groups is 5. The first-order valence-electron chi connectivity index (χ1n) is 14.3. The van der Waals surface area contributed by atoms with Crippen molar-refractivity contribution in [3.63, 3.8) is 0 Å². The van der Waals surface area contributed by atoms with Gasteiger partial charge in [-0.2, -0.15) is 0 Å². The van der Waals surface area contributed by atoms with Crippen LogP contribution in [0.1, 0.15) is 24.0 Å². The van der Waals surface area contributed by atoms with Crippen molar-refractivity contribution >= 4 is 35.4 Å². The molecule has 1 aliphatic heterocycles. The summed E-state index contributed by atoms with van der Waals surface area (Å²) in [5, 5.41) is 76.4. The lowest BCUT2D eigenvalue weighted by molar-refractivity contribution is -0.160. The fraction of sp³-hybridized carbons (Fsp3) is 0.419. The van der Waals surface area contributed by atoms with Crippen LogP contribution in [0.5, 0.6) is 0 Å². The van der Waals surface area contributed by atoms with Crippen LogP contribution in [-0.2, 0) is 51.8 Å². The van der Waals surface area contributed by atoms with Crippen molar-refractivity contribution in [1.29, 1.82) is 0 Å². The number of cyclic esters (lactones) is 1. The highest BCUT2D eigenvalue weighted by atomic mass is 16.6. The molecule has 1 fully saturated rings. The van der Waals surface area contributed by atoms with Crippen LogP contribution in [0.25, 0.3) is 0 Å². The number of Topliss-reactive ketones (excluding diaryl/α,β-unsaturated/α-hetero) is 2. The molecule has 0 aromatic heterocycles. The molecule has 0 aliphatic carbocycles. The highest BCUT2D eigenvalue weighted by Gasteiger charge is 2.46. The summed E-state index contributed by atoms with van der Waals surface area (Å²) in [5.41, 5.74) is 1.56. The lowest BCUT2D eigenvalue weighted by Crippen LogP contribution is -2.46. The van der Waals surface area contributed by atoms with Gasteiger partial charge in [-0.1, -0.05) is 60.7 Å². The van der Waals surface area contributed by atoms with E-state index in [1.165, 1.54) is 0 Å². The summed E-state index contributed by atoms with van der Waals surface area (Å²) in [5.74, 6) is -7.59. The number of ketones is 2. The molecule has 1 aliphatic rings. The van der Waals surface area contributed by atoms with Crippen molar-refractivity contribution in [1.82, 2.24) is 5.32 Å². The Kier molecular flexibility index (Phi) is 17.2. The highest BCUT2D eigenvalue weighted by molar-refractivity contribution is 5.92. The van der Waals surface area contributed by atoms with E-state index in [2.05, 4.69) is 10.1 Å². The van der Waals surface area contributed by atoms with Crippen LogP contribution in [0.3, 0.4) is 0 Å². The topological polar surface area (TPSA) is 319 Å². The summed E-state index contributed by atoms with van der Waals surface area (Å²) >= 11 is 0. The lowest BCUT2D eigenvalue weighted by atomic mass is 9.92. The SMILES string of the molecule is O=C(O)[C@H](CCC(=O)[C@@H](O)[C@H](O)[C@H](O)C(=O)O)Cc1ccccc1.O=C1OC(C(=O)CN[C@H](Cc2ccccc2)C(=O)O)C(O)C1O.[OH3+].